The number of ether oxygens (including phenoxy) is 2. The third-order valence-electron chi connectivity index (χ3n) is 5.61. The molecule has 0 spiro atoms. The minimum absolute atomic E-state index is 0.0418. The van der Waals surface area contributed by atoms with E-state index in [0.717, 1.165) is 29.1 Å². The molecule has 7 nitrogen and oxygen atoms in total. The maximum Gasteiger partial charge on any atom is 0.338 e. The first-order chi connectivity index (χ1) is 17.6. The van der Waals surface area contributed by atoms with Crippen molar-refractivity contribution in [2.75, 3.05) is 13.7 Å². The van der Waals surface area contributed by atoms with Crippen LogP contribution in [0.2, 0.25) is 10.0 Å². The van der Waals surface area contributed by atoms with E-state index in [4.69, 9.17) is 38.4 Å². The van der Waals surface area contributed by atoms with Gasteiger partial charge in [0.05, 0.1) is 40.3 Å². The first-order valence-electron chi connectivity index (χ1n) is 10.7. The Bertz CT molecular complexity index is 1620. The Labute approximate surface area is 222 Å². The smallest absolute Gasteiger partial charge is 0.338 e. The Morgan fingerprint density at radius 1 is 1.08 bits per heavy atom. The van der Waals surface area contributed by atoms with Gasteiger partial charge in [-0.2, -0.15) is 0 Å². The second-order valence-electron chi connectivity index (χ2n) is 7.68. The number of carbonyl (C=O) groups is 2. The maximum absolute atomic E-state index is 15.2. The highest BCUT2D eigenvalue weighted by Gasteiger charge is 2.41. The van der Waals surface area contributed by atoms with E-state index in [9.17, 15) is 18.8 Å². The molecule has 3 aromatic rings. The fraction of sp³-hybridized carbons (Fsp3) is 0.160. The van der Waals surface area contributed by atoms with Crippen molar-refractivity contribution < 1.29 is 27.8 Å². The van der Waals surface area contributed by atoms with E-state index in [1.807, 2.05) is 0 Å². The van der Waals surface area contributed by atoms with Crippen molar-refractivity contribution in [1.82, 2.24) is 4.57 Å². The molecular formula is C25H18Cl2F2N2O5S. The molecule has 0 fully saturated rings. The predicted octanol–water partition coefficient (Wildman–Crippen LogP) is 3.14. The van der Waals surface area contributed by atoms with Crippen molar-refractivity contribution in [3.8, 4) is 0 Å². The number of esters is 2. The van der Waals surface area contributed by atoms with Crippen LogP contribution in [-0.2, 0) is 19.1 Å². The summed E-state index contributed by atoms with van der Waals surface area (Å²) in [7, 11) is 1.07. The highest BCUT2D eigenvalue weighted by Crippen LogP contribution is 2.41. The summed E-state index contributed by atoms with van der Waals surface area (Å²) in [6.45, 7) is 1.49. The SMILES string of the molecule is CCOC(=O)C1=c2s/c(=C\c3c(F)cccc3Cl)c(=O)n2C(N)=C(C(=O)OC)[C@@H]1c1c(F)cccc1Cl. The average molecular weight is 567 g/mol. The number of hydrogen-bond acceptors (Lipinski definition) is 7. The van der Waals surface area contributed by atoms with Crippen LogP contribution in [-0.4, -0.2) is 30.2 Å². The van der Waals surface area contributed by atoms with E-state index in [1.54, 1.807) is 6.92 Å². The van der Waals surface area contributed by atoms with Gasteiger partial charge in [-0.3, -0.25) is 9.36 Å². The third kappa shape index (κ3) is 4.56. The van der Waals surface area contributed by atoms with Crippen LogP contribution in [0.15, 0.2) is 46.8 Å². The van der Waals surface area contributed by atoms with Crippen LogP contribution in [0.5, 0.6) is 0 Å². The number of fused-ring (bicyclic) bond motifs is 1. The Hall–Kier alpha value is -3.47. The van der Waals surface area contributed by atoms with Gasteiger partial charge in [-0.15, -0.1) is 11.3 Å². The first kappa shape index (κ1) is 26.6. The molecule has 192 valence electrons. The standard InChI is InChI=1S/C25H18Cl2F2N2O5S/c1-3-36-25(34)20-18(17-13(27)7-5-9-15(17)29)19(24(33)35-2)21(30)31-22(32)16(37-23(20)31)10-11-12(26)6-4-8-14(11)28/h4-10,18H,3,30H2,1-2H3/b16-10-/t18-/m0/s1. The molecule has 2 aromatic carbocycles. The lowest BCUT2D eigenvalue weighted by Gasteiger charge is -2.27. The zero-order valence-electron chi connectivity index (χ0n) is 19.3. The summed E-state index contributed by atoms with van der Waals surface area (Å²) in [5.74, 6) is -5.34. The molecule has 37 heavy (non-hydrogen) atoms. The highest BCUT2D eigenvalue weighted by molar-refractivity contribution is 7.07. The second-order valence-corrected chi connectivity index (χ2v) is 9.53. The average Bonchev–Trinajstić information content (AvgIpc) is 3.17. The van der Waals surface area contributed by atoms with Crippen LogP contribution >= 0.6 is 34.5 Å². The molecule has 1 aromatic heterocycles. The van der Waals surface area contributed by atoms with Gasteiger partial charge in [0.15, 0.2) is 0 Å². The summed E-state index contributed by atoms with van der Waals surface area (Å²) in [6, 6.07) is 7.84. The first-order valence-corrected chi connectivity index (χ1v) is 12.3. The number of nitrogens with zero attached hydrogens (tertiary/aromatic N) is 1. The zero-order valence-corrected chi connectivity index (χ0v) is 21.6. The number of hydrogen-bond donors (Lipinski definition) is 1. The highest BCUT2D eigenvalue weighted by atomic mass is 35.5. The van der Waals surface area contributed by atoms with Crippen molar-refractivity contribution in [3.05, 3.63) is 94.3 Å². The van der Waals surface area contributed by atoms with Crippen molar-refractivity contribution >= 4 is 63.9 Å². The minimum atomic E-state index is -1.47. The van der Waals surface area contributed by atoms with Crippen LogP contribution < -0.4 is 20.5 Å². The lowest BCUT2D eigenvalue weighted by atomic mass is 9.83. The molecule has 0 unspecified atom stereocenters. The van der Waals surface area contributed by atoms with Crippen molar-refractivity contribution in [2.45, 2.75) is 12.8 Å². The molecule has 1 atom stereocenters. The van der Waals surface area contributed by atoms with E-state index in [-0.39, 0.29) is 48.1 Å². The van der Waals surface area contributed by atoms with Gasteiger partial charge in [-0.05, 0) is 37.3 Å². The molecule has 0 aliphatic carbocycles. The largest absolute Gasteiger partial charge is 0.466 e. The summed E-state index contributed by atoms with van der Waals surface area (Å²) < 4.78 is 40.5. The van der Waals surface area contributed by atoms with Crippen LogP contribution in [0.4, 0.5) is 8.78 Å². The van der Waals surface area contributed by atoms with E-state index in [2.05, 4.69) is 0 Å². The van der Waals surface area contributed by atoms with Crippen LogP contribution in [0.3, 0.4) is 0 Å². The number of carbonyl (C=O) groups excluding carboxylic acids is 2. The zero-order chi connectivity index (χ0) is 27.0. The quantitative estimate of drug-likeness (QED) is 0.476. The molecule has 0 bridgehead atoms. The molecule has 12 heteroatoms. The molecule has 2 N–H and O–H groups in total. The van der Waals surface area contributed by atoms with Crippen molar-refractivity contribution in [3.63, 3.8) is 0 Å². The molecule has 0 saturated carbocycles. The van der Waals surface area contributed by atoms with Crippen molar-refractivity contribution in [2.24, 2.45) is 5.73 Å². The van der Waals surface area contributed by atoms with Gasteiger partial charge in [0, 0.05) is 16.1 Å². The summed E-state index contributed by atoms with van der Waals surface area (Å²) in [5.41, 5.74) is 4.59. The predicted molar refractivity (Wildman–Crippen MR) is 136 cm³/mol. The van der Waals surface area contributed by atoms with E-state index >= 15 is 4.39 Å². The summed E-state index contributed by atoms with van der Waals surface area (Å²) in [4.78, 5) is 39.7. The molecule has 0 radical (unpaired) electrons. The van der Waals surface area contributed by atoms with Gasteiger partial charge >= 0.3 is 11.9 Å². The maximum atomic E-state index is 15.2. The van der Waals surface area contributed by atoms with Crippen LogP contribution in [0, 0.1) is 11.6 Å². The fourth-order valence-corrected chi connectivity index (χ4v) is 5.66. The second kappa shape index (κ2) is 10.5. The number of aromatic nitrogens is 1. The van der Waals surface area contributed by atoms with Gasteiger partial charge in [0.25, 0.3) is 5.56 Å². The molecule has 0 saturated heterocycles. The van der Waals surface area contributed by atoms with E-state index < -0.39 is 40.9 Å². The summed E-state index contributed by atoms with van der Waals surface area (Å²) in [5, 5.41) is -0.0570. The van der Waals surface area contributed by atoms with Crippen LogP contribution in [0.1, 0.15) is 24.0 Å². The van der Waals surface area contributed by atoms with E-state index in [0.29, 0.717) is 0 Å². The normalized spacial score (nSPS) is 15.6. The fourth-order valence-electron chi connectivity index (χ4n) is 4.02. The Morgan fingerprint density at radius 3 is 2.32 bits per heavy atom. The Balaban J connectivity index is 2.21. The Kier molecular flexibility index (Phi) is 7.54. The lowest BCUT2D eigenvalue weighted by Crippen LogP contribution is -2.42. The Morgan fingerprint density at radius 2 is 1.73 bits per heavy atom. The number of methoxy groups -OCH3 is 1. The molecule has 4 rings (SSSR count). The van der Waals surface area contributed by atoms with Crippen molar-refractivity contribution in [1.29, 1.82) is 0 Å². The molecule has 2 heterocycles. The third-order valence-corrected chi connectivity index (χ3v) is 7.38. The molecule has 1 aliphatic rings. The molecular weight excluding hydrogens is 549 g/mol. The monoisotopic (exact) mass is 566 g/mol. The van der Waals surface area contributed by atoms with Gasteiger partial charge < -0.3 is 15.2 Å². The van der Waals surface area contributed by atoms with E-state index in [1.165, 1.54) is 36.4 Å². The van der Waals surface area contributed by atoms with Crippen LogP contribution in [0.25, 0.3) is 17.5 Å². The molecule has 1 aliphatic heterocycles. The summed E-state index contributed by atoms with van der Waals surface area (Å²) >= 11 is 13.2. The lowest BCUT2D eigenvalue weighted by molar-refractivity contribution is -0.136. The van der Waals surface area contributed by atoms with Gasteiger partial charge in [-0.25, -0.2) is 18.4 Å². The number of rotatable bonds is 5. The number of thiazole rings is 1. The van der Waals surface area contributed by atoms with Gasteiger partial charge in [-0.1, -0.05) is 35.3 Å². The number of halogens is 4. The van der Waals surface area contributed by atoms with Gasteiger partial charge in [0.1, 0.15) is 22.1 Å². The summed E-state index contributed by atoms with van der Waals surface area (Å²) in [6.07, 6.45) is 1.20. The number of benzene rings is 2. The molecule has 0 amide bonds. The topological polar surface area (TPSA) is 101 Å². The van der Waals surface area contributed by atoms with Gasteiger partial charge in [0.2, 0.25) is 0 Å². The number of nitrogens with two attached hydrogens (primary N) is 1. The minimum Gasteiger partial charge on any atom is -0.466 e.